The first-order chi connectivity index (χ1) is 9.85. The van der Waals surface area contributed by atoms with Gasteiger partial charge in [-0.1, -0.05) is 6.07 Å². The van der Waals surface area contributed by atoms with E-state index in [1.54, 1.807) is 0 Å². The number of epoxide rings is 1. The van der Waals surface area contributed by atoms with Gasteiger partial charge in [-0.05, 0) is 30.0 Å². The number of rotatable bonds is 8. The zero-order chi connectivity index (χ0) is 13.8. The average molecular weight is 278 g/mol. The monoisotopic (exact) mass is 278 g/mol. The third kappa shape index (κ3) is 3.49. The Morgan fingerprint density at radius 1 is 1.35 bits per heavy atom. The van der Waals surface area contributed by atoms with Crippen LogP contribution in [-0.4, -0.2) is 39.0 Å². The predicted molar refractivity (Wildman–Crippen MR) is 71.0 cm³/mol. The maximum Gasteiger partial charge on any atom is 0.231 e. The van der Waals surface area contributed by atoms with Crippen LogP contribution in [0.5, 0.6) is 11.5 Å². The van der Waals surface area contributed by atoms with Gasteiger partial charge in [0.2, 0.25) is 6.79 Å². The van der Waals surface area contributed by atoms with E-state index in [0.29, 0.717) is 19.6 Å². The molecule has 2 heterocycles. The Balaban J connectivity index is 1.55. The molecule has 0 N–H and O–H groups in total. The summed E-state index contributed by atoms with van der Waals surface area (Å²) in [7, 11) is 0. The molecule has 2 unspecified atom stereocenters. The molecule has 0 spiro atoms. The number of aldehydes is 1. The summed E-state index contributed by atoms with van der Waals surface area (Å²) in [5.41, 5.74) is 1.13. The second-order valence-corrected chi connectivity index (χ2v) is 5.15. The minimum absolute atomic E-state index is 0.187. The molecule has 0 amide bonds. The lowest BCUT2D eigenvalue weighted by atomic mass is 9.97. The van der Waals surface area contributed by atoms with E-state index in [9.17, 15) is 4.79 Å². The Morgan fingerprint density at radius 3 is 3.00 bits per heavy atom. The molecule has 1 aromatic rings. The highest BCUT2D eigenvalue weighted by Gasteiger charge is 2.23. The molecule has 1 aromatic carbocycles. The Kier molecular flexibility index (Phi) is 4.18. The lowest BCUT2D eigenvalue weighted by molar-refractivity contribution is -0.109. The zero-order valence-electron chi connectivity index (χ0n) is 11.2. The summed E-state index contributed by atoms with van der Waals surface area (Å²) in [5, 5.41) is 0. The van der Waals surface area contributed by atoms with Crippen LogP contribution in [0.3, 0.4) is 0 Å². The molecule has 0 aromatic heterocycles. The first kappa shape index (κ1) is 13.4. The van der Waals surface area contributed by atoms with Crippen LogP contribution in [0.15, 0.2) is 18.2 Å². The van der Waals surface area contributed by atoms with Gasteiger partial charge >= 0.3 is 0 Å². The molecule has 1 saturated heterocycles. The molecule has 1 fully saturated rings. The lowest BCUT2D eigenvalue weighted by Crippen LogP contribution is -2.15. The molecule has 0 bridgehead atoms. The summed E-state index contributed by atoms with van der Waals surface area (Å²) in [6.45, 7) is 2.27. The minimum atomic E-state index is 0.187. The highest BCUT2D eigenvalue weighted by Crippen LogP contribution is 2.33. The van der Waals surface area contributed by atoms with Crippen molar-refractivity contribution in [3.05, 3.63) is 23.8 Å². The smallest absolute Gasteiger partial charge is 0.231 e. The normalized spacial score (nSPS) is 20.7. The number of hydrogen-bond donors (Lipinski definition) is 0. The number of carbonyl (C=O) groups is 1. The standard InChI is InChI=1S/C15H18O5/c16-4-3-12(7-17-8-13-9-18-13)5-11-1-2-14-15(6-11)20-10-19-14/h1-2,4,6,12-13H,3,5,7-10H2. The van der Waals surface area contributed by atoms with E-state index in [0.717, 1.165) is 36.4 Å². The quantitative estimate of drug-likeness (QED) is 0.534. The van der Waals surface area contributed by atoms with Crippen molar-refractivity contribution in [1.82, 2.24) is 0 Å². The molecule has 5 nitrogen and oxygen atoms in total. The van der Waals surface area contributed by atoms with Crippen LogP contribution in [-0.2, 0) is 20.7 Å². The fraction of sp³-hybridized carbons (Fsp3) is 0.533. The van der Waals surface area contributed by atoms with Crippen LogP contribution in [0.2, 0.25) is 0 Å². The largest absolute Gasteiger partial charge is 0.454 e. The molecule has 108 valence electrons. The lowest BCUT2D eigenvalue weighted by Gasteiger charge is -2.14. The van der Waals surface area contributed by atoms with Crippen molar-refractivity contribution in [3.63, 3.8) is 0 Å². The molecule has 3 rings (SSSR count). The second kappa shape index (κ2) is 6.24. The van der Waals surface area contributed by atoms with Gasteiger partial charge in [-0.2, -0.15) is 0 Å². The van der Waals surface area contributed by atoms with E-state index >= 15 is 0 Å². The Hall–Kier alpha value is -1.59. The third-order valence-corrected chi connectivity index (χ3v) is 3.45. The molecular formula is C15H18O5. The van der Waals surface area contributed by atoms with Crippen molar-refractivity contribution in [2.75, 3.05) is 26.6 Å². The second-order valence-electron chi connectivity index (χ2n) is 5.15. The topological polar surface area (TPSA) is 57.3 Å². The van der Waals surface area contributed by atoms with Gasteiger partial charge in [0.15, 0.2) is 11.5 Å². The van der Waals surface area contributed by atoms with Crippen molar-refractivity contribution in [3.8, 4) is 11.5 Å². The molecule has 2 atom stereocenters. The van der Waals surface area contributed by atoms with Gasteiger partial charge in [-0.3, -0.25) is 0 Å². The fourth-order valence-electron chi connectivity index (χ4n) is 2.28. The van der Waals surface area contributed by atoms with E-state index < -0.39 is 0 Å². The van der Waals surface area contributed by atoms with Crippen LogP contribution < -0.4 is 9.47 Å². The van der Waals surface area contributed by atoms with Crippen LogP contribution in [0, 0.1) is 5.92 Å². The molecule has 0 radical (unpaired) electrons. The summed E-state index contributed by atoms with van der Waals surface area (Å²) >= 11 is 0. The summed E-state index contributed by atoms with van der Waals surface area (Å²) in [4.78, 5) is 10.8. The predicted octanol–water partition coefficient (Wildman–Crippen LogP) is 1.58. The van der Waals surface area contributed by atoms with Gasteiger partial charge in [0.25, 0.3) is 0 Å². The van der Waals surface area contributed by atoms with E-state index in [-0.39, 0.29) is 18.8 Å². The molecule has 2 aliphatic heterocycles. The molecule has 2 aliphatic rings. The Bertz CT molecular complexity index is 469. The van der Waals surface area contributed by atoms with Crippen LogP contribution in [0.4, 0.5) is 0 Å². The average Bonchev–Trinajstić information content (AvgIpc) is 3.15. The number of carbonyl (C=O) groups excluding carboxylic acids is 1. The van der Waals surface area contributed by atoms with Crippen LogP contribution in [0.25, 0.3) is 0 Å². The summed E-state index contributed by atoms with van der Waals surface area (Å²) in [5.74, 6) is 1.74. The SMILES string of the molecule is O=CCC(COCC1CO1)Cc1ccc2c(c1)OCO2. The van der Waals surface area contributed by atoms with Crippen molar-refractivity contribution in [1.29, 1.82) is 0 Å². The maximum atomic E-state index is 10.8. The first-order valence-electron chi connectivity index (χ1n) is 6.86. The number of ether oxygens (including phenoxy) is 4. The van der Waals surface area contributed by atoms with Gasteiger partial charge in [-0.25, -0.2) is 0 Å². The number of benzene rings is 1. The minimum Gasteiger partial charge on any atom is -0.454 e. The molecule has 20 heavy (non-hydrogen) atoms. The van der Waals surface area contributed by atoms with E-state index in [1.807, 2.05) is 18.2 Å². The zero-order valence-corrected chi connectivity index (χ0v) is 11.2. The van der Waals surface area contributed by atoms with E-state index in [2.05, 4.69) is 0 Å². The van der Waals surface area contributed by atoms with Crippen LogP contribution >= 0.6 is 0 Å². The molecule has 0 saturated carbocycles. The Labute approximate surface area is 117 Å². The van der Waals surface area contributed by atoms with Crippen molar-refractivity contribution < 1.29 is 23.7 Å². The number of fused-ring (bicyclic) bond motifs is 1. The van der Waals surface area contributed by atoms with Gasteiger partial charge in [-0.15, -0.1) is 0 Å². The molecular weight excluding hydrogens is 260 g/mol. The van der Waals surface area contributed by atoms with Crippen molar-refractivity contribution in [2.24, 2.45) is 5.92 Å². The van der Waals surface area contributed by atoms with E-state index in [4.69, 9.17) is 18.9 Å². The summed E-state index contributed by atoms with van der Waals surface area (Å²) in [6, 6.07) is 5.90. The van der Waals surface area contributed by atoms with E-state index in [1.165, 1.54) is 0 Å². The highest BCUT2D eigenvalue weighted by molar-refractivity contribution is 5.50. The van der Waals surface area contributed by atoms with Gasteiger partial charge in [0, 0.05) is 6.42 Å². The van der Waals surface area contributed by atoms with Crippen molar-refractivity contribution >= 4 is 6.29 Å². The fourth-order valence-corrected chi connectivity index (χ4v) is 2.28. The van der Waals surface area contributed by atoms with Gasteiger partial charge < -0.3 is 23.7 Å². The van der Waals surface area contributed by atoms with Crippen molar-refractivity contribution in [2.45, 2.75) is 18.9 Å². The van der Waals surface area contributed by atoms with Gasteiger partial charge in [0.1, 0.15) is 12.4 Å². The molecule has 0 aliphatic carbocycles. The summed E-state index contributed by atoms with van der Waals surface area (Å²) in [6.07, 6.45) is 2.51. The third-order valence-electron chi connectivity index (χ3n) is 3.45. The van der Waals surface area contributed by atoms with Crippen LogP contribution in [0.1, 0.15) is 12.0 Å². The molecule has 5 heteroatoms. The number of hydrogen-bond acceptors (Lipinski definition) is 5. The summed E-state index contributed by atoms with van der Waals surface area (Å²) < 4.78 is 21.3. The van der Waals surface area contributed by atoms with Gasteiger partial charge in [0.05, 0.1) is 19.8 Å². The Morgan fingerprint density at radius 2 is 2.20 bits per heavy atom. The maximum absolute atomic E-state index is 10.8. The highest BCUT2D eigenvalue weighted by atomic mass is 16.7. The first-order valence-corrected chi connectivity index (χ1v) is 6.86.